The van der Waals surface area contributed by atoms with Gasteiger partial charge in [0, 0.05) is 26.2 Å². The van der Waals surface area contributed by atoms with Crippen molar-refractivity contribution in [1.29, 1.82) is 0 Å². The molecule has 2 aromatic heterocycles. The number of ether oxygens (including phenoxy) is 1. The molecule has 3 aromatic rings. The second kappa shape index (κ2) is 8.31. The number of halogens is 3. The van der Waals surface area contributed by atoms with Crippen LogP contribution in [0, 0.1) is 6.92 Å². The molecular weight excluding hydrogens is 437 g/mol. The van der Waals surface area contributed by atoms with E-state index < -0.39 is 23.7 Å². The molecule has 1 aromatic carbocycles. The lowest BCUT2D eigenvalue weighted by atomic mass is 10.2. The number of carbonyl (C=O) groups is 1. The lowest BCUT2D eigenvalue weighted by molar-refractivity contribution is -0.146. The third-order valence-corrected chi connectivity index (χ3v) is 5.39. The van der Waals surface area contributed by atoms with Crippen molar-refractivity contribution in [3.63, 3.8) is 0 Å². The first-order valence-corrected chi connectivity index (χ1v) is 10.8. The average molecular weight is 464 g/mol. The highest BCUT2D eigenvalue weighted by Gasteiger charge is 2.38. The van der Waals surface area contributed by atoms with Crippen molar-refractivity contribution >= 4 is 22.8 Å². The van der Waals surface area contributed by atoms with Gasteiger partial charge in [-0.2, -0.15) is 13.2 Å². The molecular formula is C23H27F3N4O3. The molecule has 3 heterocycles. The first-order chi connectivity index (χ1) is 15.4. The number of aromatic nitrogens is 2. The number of hydrogen-bond acceptors (Lipinski definition) is 5. The SMILES string of the molecule is Cc1ccc(Cn2c(C(F)(F)F)nc3c(N4CCN(C(=O)OC(C)(C)C)CC4)cccc32)o1. The van der Waals surface area contributed by atoms with Crippen molar-refractivity contribution in [1.82, 2.24) is 14.5 Å². The van der Waals surface area contributed by atoms with Crippen LogP contribution in [0.2, 0.25) is 0 Å². The summed E-state index contributed by atoms with van der Waals surface area (Å²) in [5, 5.41) is 0. The maximum Gasteiger partial charge on any atom is 0.449 e. The van der Waals surface area contributed by atoms with E-state index in [1.54, 1.807) is 62.9 Å². The Kier molecular flexibility index (Phi) is 5.79. The fourth-order valence-electron chi connectivity index (χ4n) is 3.95. The number of nitrogens with zero attached hydrogens (tertiary/aromatic N) is 4. The summed E-state index contributed by atoms with van der Waals surface area (Å²) < 4.78 is 53.7. The third-order valence-electron chi connectivity index (χ3n) is 5.39. The molecule has 1 aliphatic rings. The van der Waals surface area contributed by atoms with Crippen molar-refractivity contribution < 1.29 is 27.1 Å². The lowest BCUT2D eigenvalue weighted by Gasteiger charge is -2.36. The Morgan fingerprint density at radius 2 is 1.79 bits per heavy atom. The number of imidazole rings is 1. The van der Waals surface area contributed by atoms with Crippen LogP contribution in [0.5, 0.6) is 0 Å². The van der Waals surface area contributed by atoms with Crippen LogP contribution in [0.3, 0.4) is 0 Å². The van der Waals surface area contributed by atoms with Crippen molar-refractivity contribution in [3.05, 3.63) is 47.7 Å². The highest BCUT2D eigenvalue weighted by molar-refractivity contribution is 5.90. The number of carbonyl (C=O) groups excluding carboxylic acids is 1. The van der Waals surface area contributed by atoms with Gasteiger partial charge in [0.2, 0.25) is 5.82 Å². The van der Waals surface area contributed by atoms with Gasteiger partial charge in [0.1, 0.15) is 22.6 Å². The molecule has 1 fully saturated rings. The van der Waals surface area contributed by atoms with Gasteiger partial charge < -0.3 is 23.5 Å². The number of aryl methyl sites for hydroxylation is 1. The second-order valence-electron chi connectivity index (χ2n) is 9.13. The molecule has 1 aliphatic heterocycles. The number of amides is 1. The largest absolute Gasteiger partial charge is 0.464 e. The zero-order valence-electron chi connectivity index (χ0n) is 19.1. The summed E-state index contributed by atoms with van der Waals surface area (Å²) >= 11 is 0. The van der Waals surface area contributed by atoms with Gasteiger partial charge in [-0.3, -0.25) is 0 Å². The van der Waals surface area contributed by atoms with Crippen LogP contribution >= 0.6 is 0 Å². The van der Waals surface area contributed by atoms with Crippen molar-refractivity contribution in [3.8, 4) is 0 Å². The molecule has 0 atom stereocenters. The van der Waals surface area contributed by atoms with Gasteiger partial charge >= 0.3 is 12.3 Å². The van der Waals surface area contributed by atoms with Gasteiger partial charge in [-0.15, -0.1) is 0 Å². The Bertz CT molecular complexity index is 1150. The van der Waals surface area contributed by atoms with Gasteiger partial charge in [0.25, 0.3) is 0 Å². The highest BCUT2D eigenvalue weighted by atomic mass is 19.4. The summed E-state index contributed by atoms with van der Waals surface area (Å²) in [6, 6.07) is 8.51. The molecule has 10 heteroatoms. The van der Waals surface area contributed by atoms with E-state index in [4.69, 9.17) is 9.15 Å². The molecule has 0 radical (unpaired) electrons. The van der Waals surface area contributed by atoms with Crippen LogP contribution < -0.4 is 4.90 Å². The predicted octanol–water partition coefficient (Wildman–Crippen LogP) is 5.06. The highest BCUT2D eigenvalue weighted by Crippen LogP contribution is 2.35. The minimum Gasteiger partial charge on any atom is -0.464 e. The summed E-state index contributed by atoms with van der Waals surface area (Å²) in [5.41, 5.74) is 0.672. The van der Waals surface area contributed by atoms with Crippen LogP contribution in [0.1, 0.15) is 38.1 Å². The van der Waals surface area contributed by atoms with E-state index in [0.717, 1.165) is 4.57 Å². The van der Waals surface area contributed by atoms with E-state index in [-0.39, 0.29) is 12.1 Å². The van der Waals surface area contributed by atoms with Gasteiger partial charge in [-0.05, 0) is 52.0 Å². The number of fused-ring (bicyclic) bond motifs is 1. The number of hydrogen-bond donors (Lipinski definition) is 0. The van der Waals surface area contributed by atoms with Crippen LogP contribution in [0.15, 0.2) is 34.7 Å². The topological polar surface area (TPSA) is 63.7 Å². The molecule has 7 nitrogen and oxygen atoms in total. The number of furan rings is 1. The summed E-state index contributed by atoms with van der Waals surface area (Å²) in [5.74, 6) is 0.0894. The van der Waals surface area contributed by atoms with Crippen LogP contribution in [0.25, 0.3) is 11.0 Å². The van der Waals surface area contributed by atoms with Crippen LogP contribution in [-0.2, 0) is 17.5 Å². The quantitative estimate of drug-likeness (QED) is 0.542. The number of benzene rings is 1. The minimum absolute atomic E-state index is 0.0743. The van der Waals surface area contributed by atoms with Crippen LogP contribution in [0.4, 0.5) is 23.7 Å². The molecule has 1 amide bonds. The molecule has 0 unspecified atom stereocenters. The van der Waals surface area contributed by atoms with E-state index in [1.807, 2.05) is 4.90 Å². The number of piperazine rings is 1. The molecule has 0 N–H and O–H groups in total. The predicted molar refractivity (Wildman–Crippen MR) is 117 cm³/mol. The molecule has 4 rings (SSSR count). The number of alkyl halides is 3. The van der Waals surface area contributed by atoms with E-state index in [1.165, 1.54) is 0 Å². The standard InChI is InChI=1S/C23H27F3N4O3/c1-15-8-9-16(32-15)14-30-18-7-5-6-17(19(18)27-20(30)23(24,25)26)28-10-12-29(13-11-28)21(31)33-22(2,3)4/h5-9H,10-14H2,1-4H3. The van der Waals surface area contributed by atoms with Crippen molar-refractivity contribution in [2.75, 3.05) is 31.1 Å². The van der Waals surface area contributed by atoms with E-state index >= 15 is 0 Å². The fraction of sp³-hybridized carbons (Fsp3) is 0.478. The van der Waals surface area contributed by atoms with Gasteiger partial charge in [-0.25, -0.2) is 9.78 Å². The molecule has 178 valence electrons. The summed E-state index contributed by atoms with van der Waals surface area (Å²) in [6.07, 6.45) is -5.01. The Labute approximate surface area is 189 Å². The smallest absolute Gasteiger partial charge is 0.449 e. The Hall–Kier alpha value is -3.17. The number of anilines is 1. The molecule has 33 heavy (non-hydrogen) atoms. The maximum atomic E-state index is 13.9. The number of rotatable bonds is 3. The molecule has 1 saturated heterocycles. The summed E-state index contributed by atoms with van der Waals surface area (Å²) in [4.78, 5) is 19.9. The summed E-state index contributed by atoms with van der Waals surface area (Å²) in [6.45, 7) is 8.83. The van der Waals surface area contributed by atoms with Gasteiger partial charge in [0.05, 0.1) is 17.7 Å². The average Bonchev–Trinajstić information content (AvgIpc) is 3.30. The Morgan fingerprint density at radius 3 is 2.36 bits per heavy atom. The Morgan fingerprint density at radius 1 is 1.09 bits per heavy atom. The molecule has 0 spiro atoms. The van der Waals surface area contributed by atoms with Crippen LogP contribution in [-0.4, -0.2) is 52.3 Å². The van der Waals surface area contributed by atoms with Crippen molar-refractivity contribution in [2.24, 2.45) is 0 Å². The zero-order chi connectivity index (χ0) is 24.0. The molecule has 0 bridgehead atoms. The monoisotopic (exact) mass is 464 g/mol. The normalized spacial score (nSPS) is 15.4. The maximum absolute atomic E-state index is 13.9. The molecule has 0 aliphatic carbocycles. The second-order valence-corrected chi connectivity index (χ2v) is 9.13. The van der Waals surface area contributed by atoms with E-state index in [0.29, 0.717) is 48.9 Å². The lowest BCUT2D eigenvalue weighted by Crippen LogP contribution is -2.50. The zero-order valence-corrected chi connectivity index (χ0v) is 19.1. The first kappa shape index (κ1) is 23.0. The summed E-state index contributed by atoms with van der Waals surface area (Å²) in [7, 11) is 0. The minimum atomic E-state index is -4.62. The van der Waals surface area contributed by atoms with Gasteiger partial charge in [-0.1, -0.05) is 6.07 Å². The van der Waals surface area contributed by atoms with E-state index in [2.05, 4.69) is 4.98 Å². The molecule has 0 saturated carbocycles. The van der Waals surface area contributed by atoms with E-state index in [9.17, 15) is 18.0 Å². The fourth-order valence-corrected chi connectivity index (χ4v) is 3.95. The Balaban J connectivity index is 1.63. The number of para-hydroxylation sites is 1. The first-order valence-electron chi connectivity index (χ1n) is 10.8. The van der Waals surface area contributed by atoms with Crippen molar-refractivity contribution in [2.45, 2.75) is 46.0 Å². The third kappa shape index (κ3) is 4.94. The van der Waals surface area contributed by atoms with Gasteiger partial charge in [0.15, 0.2) is 0 Å².